The van der Waals surface area contributed by atoms with Crippen LogP contribution in [-0.2, 0) is 0 Å². The Morgan fingerprint density at radius 3 is 2.87 bits per heavy atom. The van der Waals surface area contributed by atoms with Crippen molar-refractivity contribution in [1.82, 2.24) is 4.98 Å². The van der Waals surface area contributed by atoms with Crippen molar-refractivity contribution in [2.45, 2.75) is 33.1 Å². The molecule has 4 heteroatoms. The third kappa shape index (κ3) is 2.62. The fraction of sp³-hybridized carbons (Fsp3) is 0.727. The van der Waals surface area contributed by atoms with E-state index in [1.54, 1.807) is 17.5 Å². The summed E-state index contributed by atoms with van der Waals surface area (Å²) in [6.07, 6.45) is 5.57. The van der Waals surface area contributed by atoms with Crippen molar-refractivity contribution >= 4 is 21.5 Å². The van der Waals surface area contributed by atoms with Crippen LogP contribution >= 0.6 is 11.3 Å². The molecule has 0 bridgehead atoms. The highest BCUT2D eigenvalue weighted by Gasteiger charge is 2.24. The summed E-state index contributed by atoms with van der Waals surface area (Å²) in [6.45, 7) is 6.94. The van der Waals surface area contributed by atoms with Gasteiger partial charge in [0.2, 0.25) is 0 Å². The zero-order valence-corrected chi connectivity index (χ0v) is 10.3. The van der Waals surface area contributed by atoms with Crippen LogP contribution in [0.5, 0.6) is 0 Å². The molecule has 0 unspecified atom stereocenters. The van der Waals surface area contributed by atoms with Crippen LogP contribution in [0.2, 0.25) is 0 Å². The molecule has 0 spiro atoms. The van der Waals surface area contributed by atoms with Crippen LogP contribution in [0.15, 0.2) is 6.20 Å². The molecule has 2 N–H and O–H groups in total. The minimum Gasteiger partial charge on any atom is -0.389 e. The van der Waals surface area contributed by atoms with Crippen LogP contribution in [0.25, 0.3) is 0 Å². The molecule has 2 heterocycles. The molecule has 0 aromatic carbocycles. The molecule has 0 aliphatic carbocycles. The van der Waals surface area contributed by atoms with Crippen molar-refractivity contribution in [2.75, 3.05) is 23.7 Å². The molecule has 0 radical (unpaired) electrons. The molecule has 3 nitrogen and oxygen atoms in total. The number of nitrogens with two attached hydrogens (primary N) is 1. The molecule has 1 aliphatic heterocycles. The quantitative estimate of drug-likeness (QED) is 0.799. The maximum absolute atomic E-state index is 5.71. The third-order valence-corrected chi connectivity index (χ3v) is 4.01. The molecule has 1 aliphatic rings. The van der Waals surface area contributed by atoms with Gasteiger partial charge < -0.3 is 10.6 Å². The largest absolute Gasteiger partial charge is 0.389 e. The van der Waals surface area contributed by atoms with Crippen molar-refractivity contribution in [1.29, 1.82) is 0 Å². The fourth-order valence-corrected chi connectivity index (χ4v) is 2.77. The number of hydrogen-bond acceptors (Lipinski definition) is 4. The topological polar surface area (TPSA) is 42.2 Å². The lowest BCUT2D eigenvalue weighted by molar-refractivity contribution is 0.325. The van der Waals surface area contributed by atoms with E-state index < -0.39 is 0 Å². The Balaban J connectivity index is 2.05. The molecule has 1 fully saturated rings. The summed E-state index contributed by atoms with van der Waals surface area (Å²) in [7, 11) is 0. The summed E-state index contributed by atoms with van der Waals surface area (Å²) in [5.41, 5.74) is 6.19. The SMILES string of the molecule is CC1(C)CCCN(c2ncc(N)s2)CC1. The molecule has 0 saturated carbocycles. The second kappa shape index (κ2) is 4.00. The number of anilines is 2. The van der Waals surface area contributed by atoms with Gasteiger partial charge in [-0.1, -0.05) is 25.2 Å². The Bertz CT molecular complexity index is 332. The number of thiazole rings is 1. The Labute approximate surface area is 95.3 Å². The van der Waals surface area contributed by atoms with E-state index in [2.05, 4.69) is 23.7 Å². The van der Waals surface area contributed by atoms with Gasteiger partial charge in [-0.25, -0.2) is 4.98 Å². The summed E-state index contributed by atoms with van der Waals surface area (Å²) in [5.74, 6) is 0. The Hall–Kier alpha value is -0.770. The molecule has 2 rings (SSSR count). The minimum atomic E-state index is 0.484. The monoisotopic (exact) mass is 225 g/mol. The Kier molecular flexibility index (Phi) is 2.87. The van der Waals surface area contributed by atoms with E-state index in [4.69, 9.17) is 5.73 Å². The van der Waals surface area contributed by atoms with E-state index in [-0.39, 0.29) is 0 Å². The minimum absolute atomic E-state index is 0.484. The number of nitrogen functional groups attached to an aromatic ring is 1. The lowest BCUT2D eigenvalue weighted by atomic mass is 9.85. The normalized spacial score (nSPS) is 21.3. The maximum atomic E-state index is 5.71. The third-order valence-electron chi connectivity index (χ3n) is 3.12. The van der Waals surface area contributed by atoms with Gasteiger partial charge in [0.15, 0.2) is 5.13 Å². The standard InChI is InChI=1S/C11H19N3S/c1-11(2)4-3-6-14(7-5-11)10-13-8-9(12)15-10/h8H,3-7,12H2,1-2H3. The van der Waals surface area contributed by atoms with Gasteiger partial charge in [0.05, 0.1) is 6.20 Å². The average Bonchev–Trinajstić information content (AvgIpc) is 2.49. The van der Waals surface area contributed by atoms with Gasteiger partial charge in [0.25, 0.3) is 0 Å². The second-order valence-corrected chi connectivity index (χ2v) is 6.09. The van der Waals surface area contributed by atoms with Crippen molar-refractivity contribution in [2.24, 2.45) is 5.41 Å². The second-order valence-electron chi connectivity index (χ2n) is 5.05. The molecule has 84 valence electrons. The summed E-state index contributed by atoms with van der Waals surface area (Å²) in [4.78, 5) is 6.72. The van der Waals surface area contributed by atoms with Gasteiger partial charge in [0.1, 0.15) is 5.00 Å². The lowest BCUT2D eigenvalue weighted by Crippen LogP contribution is -2.24. The van der Waals surface area contributed by atoms with Crippen molar-refractivity contribution < 1.29 is 0 Å². The summed E-state index contributed by atoms with van der Waals surface area (Å²) in [6, 6.07) is 0. The van der Waals surface area contributed by atoms with Gasteiger partial charge >= 0.3 is 0 Å². The molecule has 1 saturated heterocycles. The van der Waals surface area contributed by atoms with E-state index in [9.17, 15) is 0 Å². The summed E-state index contributed by atoms with van der Waals surface area (Å²) < 4.78 is 0. The zero-order valence-electron chi connectivity index (χ0n) is 9.49. The van der Waals surface area contributed by atoms with E-state index in [0.29, 0.717) is 5.41 Å². The predicted octanol–water partition coefficient (Wildman–Crippen LogP) is 2.74. The number of rotatable bonds is 1. The molecule has 1 aromatic heterocycles. The van der Waals surface area contributed by atoms with Crippen LogP contribution in [-0.4, -0.2) is 18.1 Å². The van der Waals surface area contributed by atoms with Crippen molar-refractivity contribution in [3.8, 4) is 0 Å². The van der Waals surface area contributed by atoms with Gasteiger partial charge in [-0.2, -0.15) is 0 Å². The molecule has 15 heavy (non-hydrogen) atoms. The van der Waals surface area contributed by atoms with Crippen molar-refractivity contribution in [3.63, 3.8) is 0 Å². The highest BCUT2D eigenvalue weighted by molar-refractivity contribution is 7.19. The average molecular weight is 225 g/mol. The first kappa shape index (κ1) is 10.7. The number of aromatic nitrogens is 1. The first-order chi connectivity index (χ1) is 7.07. The first-order valence-electron chi connectivity index (χ1n) is 5.53. The smallest absolute Gasteiger partial charge is 0.187 e. The van der Waals surface area contributed by atoms with Gasteiger partial charge in [-0.3, -0.25) is 0 Å². The zero-order chi connectivity index (χ0) is 10.9. The van der Waals surface area contributed by atoms with Gasteiger partial charge in [0, 0.05) is 13.1 Å². The number of nitrogens with zero attached hydrogens (tertiary/aromatic N) is 2. The van der Waals surface area contributed by atoms with E-state index in [1.807, 2.05) is 0 Å². The van der Waals surface area contributed by atoms with Gasteiger partial charge in [-0.15, -0.1) is 0 Å². The van der Waals surface area contributed by atoms with Gasteiger partial charge in [-0.05, 0) is 24.7 Å². The number of hydrogen-bond donors (Lipinski definition) is 1. The van der Waals surface area contributed by atoms with Crippen LogP contribution in [0, 0.1) is 5.41 Å². The lowest BCUT2D eigenvalue weighted by Gasteiger charge is -2.22. The van der Waals surface area contributed by atoms with Crippen LogP contribution in [0.1, 0.15) is 33.1 Å². The Morgan fingerprint density at radius 1 is 1.40 bits per heavy atom. The molecular formula is C11H19N3S. The van der Waals surface area contributed by atoms with Crippen LogP contribution in [0.3, 0.4) is 0 Å². The fourth-order valence-electron chi connectivity index (χ4n) is 2.04. The van der Waals surface area contributed by atoms with Crippen LogP contribution < -0.4 is 10.6 Å². The van der Waals surface area contributed by atoms with Crippen molar-refractivity contribution in [3.05, 3.63) is 6.20 Å². The van der Waals surface area contributed by atoms with E-state index >= 15 is 0 Å². The molecule has 1 aromatic rings. The summed E-state index contributed by atoms with van der Waals surface area (Å²) in [5, 5.41) is 1.90. The van der Waals surface area contributed by atoms with E-state index in [1.165, 1.54) is 19.3 Å². The maximum Gasteiger partial charge on any atom is 0.187 e. The first-order valence-corrected chi connectivity index (χ1v) is 6.35. The molecule has 0 atom stereocenters. The summed E-state index contributed by atoms with van der Waals surface area (Å²) >= 11 is 1.60. The highest BCUT2D eigenvalue weighted by atomic mass is 32.1. The highest BCUT2D eigenvalue weighted by Crippen LogP contribution is 2.33. The van der Waals surface area contributed by atoms with Crippen LogP contribution in [0.4, 0.5) is 10.1 Å². The Morgan fingerprint density at radius 2 is 2.20 bits per heavy atom. The molecular weight excluding hydrogens is 206 g/mol. The van der Waals surface area contributed by atoms with E-state index in [0.717, 1.165) is 23.2 Å². The predicted molar refractivity (Wildman–Crippen MR) is 66.4 cm³/mol. The molecule has 0 amide bonds.